The maximum atomic E-state index is 14.3. The first-order valence-corrected chi connectivity index (χ1v) is 14.5. The Morgan fingerprint density at radius 3 is 1.46 bits per heavy atom. The molecule has 37 heavy (non-hydrogen) atoms. The molecule has 3 heteroatoms. The van der Waals surface area contributed by atoms with Gasteiger partial charge in [0.2, 0.25) is 0 Å². The highest BCUT2D eigenvalue weighted by Crippen LogP contribution is 2.48. The van der Waals surface area contributed by atoms with Crippen LogP contribution in [0.25, 0.3) is 0 Å². The summed E-state index contributed by atoms with van der Waals surface area (Å²) >= 11 is 0. The van der Waals surface area contributed by atoms with Crippen molar-refractivity contribution in [2.24, 2.45) is 0 Å². The monoisotopic (exact) mass is 496 g/mol. The minimum atomic E-state index is 0.0560. The third-order valence-corrected chi connectivity index (χ3v) is 8.33. The summed E-state index contributed by atoms with van der Waals surface area (Å²) in [7, 11) is 0. The van der Waals surface area contributed by atoms with E-state index in [9.17, 15) is 4.79 Å². The van der Waals surface area contributed by atoms with E-state index in [0.717, 1.165) is 51.4 Å². The number of likely N-dealkylation sites (tertiary alicyclic amines) is 1. The quantitative estimate of drug-likeness (QED) is 0.299. The molecule has 1 saturated heterocycles. The van der Waals surface area contributed by atoms with E-state index in [0.29, 0.717) is 5.69 Å². The second kappa shape index (κ2) is 12.1. The van der Waals surface area contributed by atoms with Gasteiger partial charge >= 0.3 is 0 Å². The molecule has 2 aromatic carbocycles. The number of pyridine rings is 1. The van der Waals surface area contributed by atoms with E-state index in [1.54, 1.807) is 6.20 Å². The molecule has 0 unspecified atom stereocenters. The molecule has 3 aromatic rings. The Morgan fingerprint density at radius 1 is 0.703 bits per heavy atom. The van der Waals surface area contributed by atoms with E-state index in [4.69, 9.17) is 0 Å². The van der Waals surface area contributed by atoms with Crippen molar-refractivity contribution < 1.29 is 4.79 Å². The fraction of sp³-hybridized carbons (Fsp3) is 0.471. The van der Waals surface area contributed by atoms with Crippen molar-refractivity contribution in [1.29, 1.82) is 0 Å². The van der Waals surface area contributed by atoms with Gasteiger partial charge in [-0.05, 0) is 108 Å². The number of carbonyl (C=O) groups excluding carboxylic acids is 1. The van der Waals surface area contributed by atoms with E-state index in [1.165, 1.54) is 44.5 Å². The Labute approximate surface area is 224 Å². The number of aromatic nitrogens is 1. The van der Waals surface area contributed by atoms with Gasteiger partial charge in [-0.25, -0.2) is 0 Å². The fourth-order valence-electron chi connectivity index (χ4n) is 6.42. The lowest BCUT2D eigenvalue weighted by Gasteiger charge is -2.35. The average Bonchev–Trinajstić information content (AvgIpc) is 3.39. The van der Waals surface area contributed by atoms with Crippen LogP contribution >= 0.6 is 0 Å². The minimum absolute atomic E-state index is 0.0560. The molecule has 2 atom stereocenters. The Kier molecular flexibility index (Phi) is 8.84. The highest BCUT2D eigenvalue weighted by Gasteiger charge is 2.42. The van der Waals surface area contributed by atoms with Crippen LogP contribution in [0.2, 0.25) is 0 Å². The van der Waals surface area contributed by atoms with Gasteiger partial charge in [0.05, 0.1) is 12.1 Å². The molecule has 2 heterocycles. The summed E-state index contributed by atoms with van der Waals surface area (Å²) < 4.78 is 0. The molecule has 0 saturated carbocycles. The highest BCUT2D eigenvalue weighted by atomic mass is 16.2. The summed E-state index contributed by atoms with van der Waals surface area (Å²) in [5.74, 6) is 0.0560. The average molecular weight is 497 g/mol. The molecular weight excluding hydrogens is 452 g/mol. The molecule has 4 rings (SSSR count). The second-order valence-corrected chi connectivity index (χ2v) is 10.3. The molecule has 196 valence electrons. The summed E-state index contributed by atoms with van der Waals surface area (Å²) in [4.78, 5) is 21.1. The van der Waals surface area contributed by atoms with Crippen LogP contribution in [-0.2, 0) is 38.5 Å². The van der Waals surface area contributed by atoms with Crippen molar-refractivity contribution in [2.45, 2.75) is 105 Å². The van der Waals surface area contributed by atoms with Crippen LogP contribution in [0.1, 0.15) is 121 Å². The van der Waals surface area contributed by atoms with Crippen LogP contribution in [0.3, 0.4) is 0 Å². The predicted molar refractivity (Wildman–Crippen MR) is 154 cm³/mol. The Bertz CT molecular complexity index is 1110. The van der Waals surface area contributed by atoms with Crippen molar-refractivity contribution in [2.75, 3.05) is 0 Å². The smallest absolute Gasteiger partial charge is 0.273 e. The van der Waals surface area contributed by atoms with Crippen LogP contribution in [0.5, 0.6) is 0 Å². The number of hydrogen-bond donors (Lipinski definition) is 0. The van der Waals surface area contributed by atoms with Gasteiger partial charge < -0.3 is 4.90 Å². The Morgan fingerprint density at radius 2 is 1.14 bits per heavy atom. The van der Waals surface area contributed by atoms with Gasteiger partial charge in [-0.15, -0.1) is 0 Å². The lowest BCUT2D eigenvalue weighted by Crippen LogP contribution is -2.35. The molecule has 1 fully saturated rings. The molecule has 0 spiro atoms. The van der Waals surface area contributed by atoms with Crippen molar-refractivity contribution in [3.8, 4) is 0 Å². The zero-order valence-electron chi connectivity index (χ0n) is 23.7. The zero-order chi connectivity index (χ0) is 26.5. The first kappa shape index (κ1) is 27.1. The van der Waals surface area contributed by atoms with Gasteiger partial charge in [0.25, 0.3) is 5.91 Å². The van der Waals surface area contributed by atoms with Crippen molar-refractivity contribution in [1.82, 2.24) is 9.88 Å². The normalized spacial score (nSPS) is 17.4. The molecule has 0 bridgehead atoms. The van der Waals surface area contributed by atoms with Gasteiger partial charge in [-0.3, -0.25) is 9.78 Å². The topological polar surface area (TPSA) is 33.2 Å². The van der Waals surface area contributed by atoms with E-state index in [1.807, 2.05) is 18.2 Å². The van der Waals surface area contributed by atoms with E-state index in [2.05, 4.69) is 75.7 Å². The lowest BCUT2D eigenvalue weighted by molar-refractivity contribution is 0.0655. The maximum Gasteiger partial charge on any atom is 0.273 e. The Hall–Kier alpha value is -2.94. The number of carbonyl (C=O) groups is 1. The molecule has 1 aromatic heterocycles. The Balaban J connectivity index is 1.93. The molecule has 0 N–H and O–H groups in total. The van der Waals surface area contributed by atoms with Gasteiger partial charge in [0, 0.05) is 6.20 Å². The third-order valence-electron chi connectivity index (χ3n) is 8.33. The highest BCUT2D eigenvalue weighted by molar-refractivity contribution is 5.93. The first-order valence-electron chi connectivity index (χ1n) is 14.5. The minimum Gasteiger partial charge on any atom is -0.323 e. The maximum absolute atomic E-state index is 14.3. The predicted octanol–water partition coefficient (Wildman–Crippen LogP) is 8.17. The summed E-state index contributed by atoms with van der Waals surface area (Å²) in [6.07, 6.45) is 9.70. The summed E-state index contributed by atoms with van der Waals surface area (Å²) in [6.45, 7) is 13.5. The number of rotatable bonds is 9. The van der Waals surface area contributed by atoms with Crippen molar-refractivity contribution in [3.63, 3.8) is 0 Å². The summed E-state index contributed by atoms with van der Waals surface area (Å²) in [6, 6.07) is 15.4. The standard InChI is InChI=1S/C34H44N2O/c1-7-23-19-25(9-3)32(26(10-4)20-23)30-16-17-31(36(30)34(37)29-15-13-14-18-35-29)33-27(11-5)21-24(8-2)22-28(33)12-6/h13-15,18-22,30-31H,7-12,16-17H2,1-6H3/t30-,31-/m0/s1. The summed E-state index contributed by atoms with van der Waals surface area (Å²) in [5.41, 5.74) is 11.7. The summed E-state index contributed by atoms with van der Waals surface area (Å²) in [5, 5.41) is 0. The van der Waals surface area contributed by atoms with Gasteiger partial charge in [0.1, 0.15) is 5.69 Å². The van der Waals surface area contributed by atoms with Crippen molar-refractivity contribution in [3.05, 3.63) is 98.9 Å². The number of hydrogen-bond acceptors (Lipinski definition) is 2. The second-order valence-electron chi connectivity index (χ2n) is 10.3. The molecule has 1 amide bonds. The number of benzene rings is 2. The van der Waals surface area contributed by atoms with Crippen LogP contribution in [0.4, 0.5) is 0 Å². The fourth-order valence-corrected chi connectivity index (χ4v) is 6.42. The largest absolute Gasteiger partial charge is 0.323 e. The van der Waals surface area contributed by atoms with E-state index in [-0.39, 0.29) is 18.0 Å². The SMILES string of the molecule is CCc1cc(CC)c([C@@H]2CC[C@@H](c3c(CC)cc(CC)cc3CC)N2C(=O)c2ccccn2)c(CC)c1. The van der Waals surface area contributed by atoms with Crippen LogP contribution < -0.4 is 0 Å². The van der Waals surface area contributed by atoms with E-state index < -0.39 is 0 Å². The van der Waals surface area contributed by atoms with Gasteiger partial charge in [-0.1, -0.05) is 71.9 Å². The van der Waals surface area contributed by atoms with Crippen LogP contribution in [-0.4, -0.2) is 15.8 Å². The molecule has 0 aliphatic carbocycles. The molecule has 1 aliphatic heterocycles. The molecular formula is C34H44N2O. The van der Waals surface area contributed by atoms with Crippen LogP contribution in [0, 0.1) is 0 Å². The number of nitrogens with zero attached hydrogens (tertiary/aromatic N) is 2. The number of aryl methyl sites for hydroxylation is 6. The molecule has 1 aliphatic rings. The third kappa shape index (κ3) is 5.23. The first-order chi connectivity index (χ1) is 18.0. The van der Waals surface area contributed by atoms with Crippen LogP contribution in [0.15, 0.2) is 48.7 Å². The van der Waals surface area contributed by atoms with E-state index >= 15 is 0 Å². The zero-order valence-corrected chi connectivity index (χ0v) is 23.7. The molecule has 0 radical (unpaired) electrons. The lowest BCUT2D eigenvalue weighted by atomic mass is 9.88. The van der Waals surface area contributed by atoms with Gasteiger partial charge in [-0.2, -0.15) is 0 Å². The van der Waals surface area contributed by atoms with Gasteiger partial charge in [0.15, 0.2) is 0 Å². The number of amides is 1. The molecule has 3 nitrogen and oxygen atoms in total. The van der Waals surface area contributed by atoms with Crippen molar-refractivity contribution >= 4 is 5.91 Å².